The van der Waals surface area contributed by atoms with Crippen LogP contribution in [-0.2, 0) is 4.84 Å². The van der Waals surface area contributed by atoms with Crippen LogP contribution in [0.1, 0.15) is 43.9 Å². The molecular formula is C14H18N2O3. The molecule has 0 spiro atoms. The Labute approximate surface area is 112 Å². The lowest BCUT2D eigenvalue weighted by Gasteiger charge is -2.31. The zero-order valence-corrected chi connectivity index (χ0v) is 11.2. The summed E-state index contributed by atoms with van der Waals surface area (Å²) in [5.74, 6) is 0. The molecule has 5 heteroatoms. The maximum atomic E-state index is 11.2. The van der Waals surface area contributed by atoms with Gasteiger partial charge in [0.25, 0.3) is 5.70 Å². The van der Waals surface area contributed by atoms with E-state index in [-0.39, 0.29) is 16.7 Å². The average molecular weight is 262 g/mol. The minimum atomic E-state index is -0.360. The standard InChI is InChI=1S/C14H18N2O3/c1-3-4-9-19-15-10-14(16(17)18)13-8-6-5-7-12(13)11(15)2/h5-8,10-11H,3-4,9H2,1-2H3. The summed E-state index contributed by atoms with van der Waals surface area (Å²) in [4.78, 5) is 16.4. The molecular weight excluding hydrogens is 244 g/mol. The summed E-state index contributed by atoms with van der Waals surface area (Å²) in [5, 5.41) is 12.7. The molecule has 2 rings (SSSR count). The second-order valence-corrected chi connectivity index (χ2v) is 4.58. The van der Waals surface area contributed by atoms with Gasteiger partial charge in [0.15, 0.2) is 0 Å². The van der Waals surface area contributed by atoms with Gasteiger partial charge in [-0.1, -0.05) is 31.5 Å². The molecule has 0 fully saturated rings. The van der Waals surface area contributed by atoms with Gasteiger partial charge in [-0.25, -0.2) is 5.06 Å². The lowest BCUT2D eigenvalue weighted by molar-refractivity contribution is -0.378. The lowest BCUT2D eigenvalue weighted by atomic mass is 9.96. The Balaban J connectivity index is 2.30. The Morgan fingerprint density at radius 2 is 2.16 bits per heavy atom. The molecule has 1 aromatic rings. The number of benzene rings is 1. The zero-order chi connectivity index (χ0) is 13.8. The summed E-state index contributed by atoms with van der Waals surface area (Å²) in [7, 11) is 0. The number of nitro groups is 1. The number of nitrogens with zero attached hydrogens (tertiary/aromatic N) is 2. The Morgan fingerprint density at radius 3 is 2.84 bits per heavy atom. The van der Waals surface area contributed by atoms with Crippen LogP contribution in [0.2, 0.25) is 0 Å². The highest BCUT2D eigenvalue weighted by molar-refractivity contribution is 5.64. The largest absolute Gasteiger partial charge is 0.295 e. The Morgan fingerprint density at radius 1 is 1.42 bits per heavy atom. The van der Waals surface area contributed by atoms with Crippen molar-refractivity contribution in [1.29, 1.82) is 0 Å². The quantitative estimate of drug-likeness (QED) is 0.464. The summed E-state index contributed by atoms with van der Waals surface area (Å²) >= 11 is 0. The first-order valence-electron chi connectivity index (χ1n) is 6.52. The number of unbranched alkanes of at least 4 members (excludes halogenated alkanes) is 1. The van der Waals surface area contributed by atoms with Gasteiger partial charge < -0.3 is 0 Å². The zero-order valence-electron chi connectivity index (χ0n) is 11.2. The fraction of sp³-hybridized carbons (Fsp3) is 0.429. The van der Waals surface area contributed by atoms with E-state index in [0.717, 1.165) is 18.4 Å². The van der Waals surface area contributed by atoms with Gasteiger partial charge in [-0.15, -0.1) is 0 Å². The van der Waals surface area contributed by atoms with E-state index in [9.17, 15) is 10.1 Å². The van der Waals surface area contributed by atoms with Gasteiger partial charge in [0, 0.05) is 0 Å². The average Bonchev–Trinajstić information content (AvgIpc) is 2.41. The van der Waals surface area contributed by atoms with Gasteiger partial charge in [0.2, 0.25) is 0 Å². The van der Waals surface area contributed by atoms with E-state index in [1.165, 1.54) is 6.20 Å². The molecule has 1 aliphatic rings. The molecule has 0 aromatic heterocycles. The Hall–Kier alpha value is -1.88. The van der Waals surface area contributed by atoms with Crippen molar-refractivity contribution < 1.29 is 9.76 Å². The molecule has 1 aromatic carbocycles. The molecule has 1 atom stereocenters. The first-order valence-corrected chi connectivity index (χ1v) is 6.52. The molecule has 19 heavy (non-hydrogen) atoms. The van der Waals surface area contributed by atoms with Crippen molar-refractivity contribution in [2.24, 2.45) is 0 Å². The highest BCUT2D eigenvalue weighted by Crippen LogP contribution is 2.34. The highest BCUT2D eigenvalue weighted by atomic mass is 16.7. The van der Waals surface area contributed by atoms with Gasteiger partial charge in [0.05, 0.1) is 23.1 Å². The predicted molar refractivity (Wildman–Crippen MR) is 72.5 cm³/mol. The van der Waals surface area contributed by atoms with Crippen molar-refractivity contribution in [2.45, 2.75) is 32.7 Å². The van der Waals surface area contributed by atoms with Crippen LogP contribution < -0.4 is 0 Å². The van der Waals surface area contributed by atoms with Gasteiger partial charge in [0.1, 0.15) is 6.20 Å². The van der Waals surface area contributed by atoms with E-state index in [0.29, 0.717) is 12.2 Å². The van der Waals surface area contributed by atoms with Crippen molar-refractivity contribution >= 4 is 5.70 Å². The van der Waals surface area contributed by atoms with E-state index in [1.54, 1.807) is 11.1 Å². The molecule has 0 bridgehead atoms. The molecule has 0 radical (unpaired) electrons. The number of hydrogen-bond donors (Lipinski definition) is 0. The molecule has 0 saturated heterocycles. The molecule has 5 nitrogen and oxygen atoms in total. The summed E-state index contributed by atoms with van der Waals surface area (Å²) < 4.78 is 0. The van der Waals surface area contributed by atoms with Crippen LogP contribution in [0.5, 0.6) is 0 Å². The molecule has 0 aliphatic carbocycles. The van der Waals surface area contributed by atoms with E-state index < -0.39 is 0 Å². The Kier molecular flexibility index (Phi) is 4.16. The van der Waals surface area contributed by atoms with Crippen LogP contribution in [0.3, 0.4) is 0 Å². The maximum Gasteiger partial charge on any atom is 0.295 e. The summed E-state index contributed by atoms with van der Waals surface area (Å²) in [6.45, 7) is 4.64. The Bertz CT molecular complexity index is 499. The van der Waals surface area contributed by atoms with E-state index in [2.05, 4.69) is 6.92 Å². The lowest BCUT2D eigenvalue weighted by Crippen LogP contribution is -2.28. The third kappa shape index (κ3) is 2.76. The number of rotatable bonds is 5. The topological polar surface area (TPSA) is 55.6 Å². The summed E-state index contributed by atoms with van der Waals surface area (Å²) in [6, 6.07) is 7.38. The number of hydrogen-bond acceptors (Lipinski definition) is 4. The maximum absolute atomic E-state index is 11.2. The van der Waals surface area contributed by atoms with Crippen molar-refractivity contribution in [3.8, 4) is 0 Å². The SMILES string of the molecule is CCCCON1C=C([N+](=O)[O-])c2ccccc2C1C. The monoisotopic (exact) mass is 262 g/mol. The molecule has 1 unspecified atom stereocenters. The van der Waals surface area contributed by atoms with Crippen LogP contribution in [0.15, 0.2) is 30.5 Å². The third-order valence-electron chi connectivity index (χ3n) is 3.25. The van der Waals surface area contributed by atoms with E-state index >= 15 is 0 Å². The summed E-state index contributed by atoms with van der Waals surface area (Å²) in [6.07, 6.45) is 3.46. The normalized spacial score (nSPS) is 17.9. The molecule has 102 valence electrons. The van der Waals surface area contributed by atoms with Crippen molar-refractivity contribution in [3.63, 3.8) is 0 Å². The fourth-order valence-corrected chi connectivity index (χ4v) is 2.14. The van der Waals surface area contributed by atoms with Crippen LogP contribution in [0.4, 0.5) is 0 Å². The fourth-order valence-electron chi connectivity index (χ4n) is 2.14. The van der Waals surface area contributed by atoms with Crippen molar-refractivity contribution in [2.75, 3.05) is 6.61 Å². The number of fused-ring (bicyclic) bond motifs is 1. The molecule has 0 saturated carbocycles. The van der Waals surface area contributed by atoms with Crippen LogP contribution in [-0.4, -0.2) is 16.6 Å². The van der Waals surface area contributed by atoms with Gasteiger partial charge in [-0.2, -0.15) is 0 Å². The first-order chi connectivity index (χ1) is 9.15. The minimum absolute atomic E-state index is 0.0169. The highest BCUT2D eigenvalue weighted by Gasteiger charge is 2.30. The number of hydroxylamine groups is 2. The van der Waals surface area contributed by atoms with Crippen molar-refractivity contribution in [3.05, 3.63) is 51.7 Å². The second kappa shape index (κ2) is 5.84. The first kappa shape index (κ1) is 13.5. The third-order valence-corrected chi connectivity index (χ3v) is 3.25. The molecule has 1 heterocycles. The molecule has 0 amide bonds. The van der Waals surface area contributed by atoms with Gasteiger partial charge in [-0.05, 0) is 25.0 Å². The van der Waals surface area contributed by atoms with Gasteiger partial charge in [-0.3, -0.25) is 15.0 Å². The van der Waals surface area contributed by atoms with Crippen molar-refractivity contribution in [1.82, 2.24) is 5.06 Å². The van der Waals surface area contributed by atoms with Crippen LogP contribution >= 0.6 is 0 Å². The summed E-state index contributed by atoms with van der Waals surface area (Å²) in [5.41, 5.74) is 1.69. The van der Waals surface area contributed by atoms with Gasteiger partial charge >= 0.3 is 0 Å². The smallest absolute Gasteiger partial charge is 0.273 e. The second-order valence-electron chi connectivity index (χ2n) is 4.58. The minimum Gasteiger partial charge on any atom is -0.273 e. The van der Waals surface area contributed by atoms with E-state index in [4.69, 9.17) is 4.84 Å². The predicted octanol–water partition coefficient (Wildman–Crippen LogP) is 3.37. The molecule has 0 N–H and O–H groups in total. The van der Waals surface area contributed by atoms with E-state index in [1.807, 2.05) is 25.1 Å². The van der Waals surface area contributed by atoms with Crippen LogP contribution in [0, 0.1) is 10.1 Å². The molecule has 1 aliphatic heterocycles. The van der Waals surface area contributed by atoms with Crippen LogP contribution in [0.25, 0.3) is 5.70 Å².